The largest absolute Gasteiger partial charge is 0.379 e. The molecule has 0 aromatic heterocycles. The van der Waals surface area contributed by atoms with Gasteiger partial charge >= 0.3 is 6.03 Å². The van der Waals surface area contributed by atoms with Crippen LogP contribution in [0.25, 0.3) is 0 Å². The first-order valence-corrected chi connectivity index (χ1v) is 8.14. The highest BCUT2D eigenvalue weighted by Gasteiger charge is 2.30. The molecule has 2 amide bonds. The van der Waals surface area contributed by atoms with Gasteiger partial charge < -0.3 is 29.5 Å². The van der Waals surface area contributed by atoms with Crippen molar-refractivity contribution < 1.29 is 14.3 Å². The Bertz CT molecular complexity index is 346. The molecule has 2 saturated heterocycles. The van der Waals surface area contributed by atoms with E-state index in [1.807, 2.05) is 19.0 Å². The molecular formula is C15H30N4O3. The summed E-state index contributed by atoms with van der Waals surface area (Å²) in [5, 5.41) is 3.10. The second kappa shape index (κ2) is 8.67. The minimum absolute atomic E-state index is 0.00445. The van der Waals surface area contributed by atoms with E-state index in [9.17, 15) is 4.79 Å². The van der Waals surface area contributed by atoms with Crippen molar-refractivity contribution in [2.75, 3.05) is 73.7 Å². The minimum Gasteiger partial charge on any atom is -0.379 e. The summed E-state index contributed by atoms with van der Waals surface area (Å²) in [6.07, 6.45) is 0.881. The summed E-state index contributed by atoms with van der Waals surface area (Å²) in [5.74, 6) is 0. The fourth-order valence-electron chi connectivity index (χ4n) is 2.70. The molecule has 22 heavy (non-hydrogen) atoms. The average Bonchev–Trinajstić information content (AvgIpc) is 2.49. The van der Waals surface area contributed by atoms with Gasteiger partial charge in [0.2, 0.25) is 0 Å². The number of nitrogens with zero attached hydrogens (tertiary/aromatic N) is 3. The number of hydrogen-bond donors (Lipinski definition) is 1. The smallest absolute Gasteiger partial charge is 0.317 e. The number of piperazine rings is 1. The molecule has 2 heterocycles. The molecule has 0 aliphatic carbocycles. The van der Waals surface area contributed by atoms with Gasteiger partial charge in [-0.15, -0.1) is 0 Å². The number of rotatable bonds is 5. The van der Waals surface area contributed by atoms with Crippen LogP contribution in [0, 0.1) is 0 Å². The Morgan fingerprint density at radius 3 is 2.73 bits per heavy atom. The molecule has 0 bridgehead atoms. The van der Waals surface area contributed by atoms with Crippen LogP contribution in [0.2, 0.25) is 0 Å². The molecule has 1 N–H and O–H groups in total. The quantitative estimate of drug-likeness (QED) is 0.754. The zero-order chi connectivity index (χ0) is 15.9. The molecule has 2 aliphatic heterocycles. The Kier molecular flexibility index (Phi) is 6.88. The first-order chi connectivity index (χ1) is 10.6. The molecule has 2 atom stereocenters. The van der Waals surface area contributed by atoms with Crippen LogP contribution in [-0.2, 0) is 9.47 Å². The van der Waals surface area contributed by atoms with E-state index in [1.54, 1.807) is 0 Å². The highest BCUT2D eigenvalue weighted by molar-refractivity contribution is 5.74. The number of hydrogen-bond acceptors (Lipinski definition) is 5. The van der Waals surface area contributed by atoms with E-state index in [1.165, 1.54) is 0 Å². The molecule has 0 radical (unpaired) electrons. The van der Waals surface area contributed by atoms with Crippen molar-refractivity contribution in [2.45, 2.75) is 18.6 Å². The van der Waals surface area contributed by atoms with Crippen molar-refractivity contribution in [1.82, 2.24) is 20.0 Å². The third-order valence-corrected chi connectivity index (χ3v) is 4.26. The number of likely N-dealkylation sites (N-methyl/N-ethyl adjacent to an activating group) is 2. The molecule has 0 unspecified atom stereocenters. The van der Waals surface area contributed by atoms with Crippen LogP contribution < -0.4 is 5.32 Å². The van der Waals surface area contributed by atoms with Crippen LogP contribution in [0.5, 0.6) is 0 Å². The van der Waals surface area contributed by atoms with Gasteiger partial charge in [0.1, 0.15) is 0 Å². The van der Waals surface area contributed by atoms with E-state index in [-0.39, 0.29) is 18.2 Å². The lowest BCUT2D eigenvalue weighted by Gasteiger charge is -2.36. The van der Waals surface area contributed by atoms with Crippen LogP contribution >= 0.6 is 0 Å². The normalized spacial score (nSPS) is 27.2. The monoisotopic (exact) mass is 314 g/mol. The third-order valence-electron chi connectivity index (χ3n) is 4.26. The van der Waals surface area contributed by atoms with Crippen molar-refractivity contribution in [2.24, 2.45) is 0 Å². The fraction of sp³-hybridized carbons (Fsp3) is 0.933. The van der Waals surface area contributed by atoms with Gasteiger partial charge in [-0.05, 0) is 27.6 Å². The summed E-state index contributed by atoms with van der Waals surface area (Å²) in [4.78, 5) is 18.6. The maximum absolute atomic E-state index is 12.4. The van der Waals surface area contributed by atoms with Crippen LogP contribution in [0.15, 0.2) is 0 Å². The van der Waals surface area contributed by atoms with Gasteiger partial charge in [-0.1, -0.05) is 0 Å². The Labute approximate surface area is 133 Å². The summed E-state index contributed by atoms with van der Waals surface area (Å²) in [7, 11) is 6.14. The Hall–Kier alpha value is -0.890. The number of carbonyl (C=O) groups is 1. The molecule has 0 aromatic carbocycles. The summed E-state index contributed by atoms with van der Waals surface area (Å²) >= 11 is 0. The molecular weight excluding hydrogens is 284 g/mol. The molecule has 7 nitrogen and oxygen atoms in total. The Morgan fingerprint density at radius 2 is 2.05 bits per heavy atom. The lowest BCUT2D eigenvalue weighted by Crippen LogP contribution is -2.57. The maximum atomic E-state index is 12.4. The second-order valence-corrected chi connectivity index (χ2v) is 6.42. The predicted octanol–water partition coefficient (Wildman–Crippen LogP) is -0.321. The molecule has 2 aliphatic rings. The molecule has 0 saturated carbocycles. The van der Waals surface area contributed by atoms with E-state index in [0.29, 0.717) is 19.8 Å². The fourth-order valence-corrected chi connectivity index (χ4v) is 2.70. The summed E-state index contributed by atoms with van der Waals surface area (Å²) < 4.78 is 11.5. The lowest BCUT2D eigenvalue weighted by molar-refractivity contribution is -0.0562. The Balaban J connectivity index is 1.78. The molecule has 2 rings (SSSR count). The molecule has 0 aromatic rings. The van der Waals surface area contributed by atoms with Gasteiger partial charge in [-0.2, -0.15) is 0 Å². The van der Waals surface area contributed by atoms with Gasteiger partial charge in [-0.25, -0.2) is 4.79 Å². The zero-order valence-electron chi connectivity index (χ0n) is 14.1. The van der Waals surface area contributed by atoms with Crippen LogP contribution in [-0.4, -0.2) is 107 Å². The van der Waals surface area contributed by atoms with Crippen molar-refractivity contribution in [3.63, 3.8) is 0 Å². The lowest BCUT2D eigenvalue weighted by atomic mass is 10.1. The van der Waals surface area contributed by atoms with E-state index in [0.717, 1.165) is 39.1 Å². The highest BCUT2D eigenvalue weighted by Crippen LogP contribution is 2.13. The number of amides is 2. The van der Waals surface area contributed by atoms with Crippen molar-refractivity contribution >= 4 is 6.03 Å². The maximum Gasteiger partial charge on any atom is 0.317 e. The van der Waals surface area contributed by atoms with Gasteiger partial charge in [0.25, 0.3) is 0 Å². The minimum atomic E-state index is -0.0527. The number of nitrogens with one attached hydrogen (secondary N) is 1. The van der Waals surface area contributed by atoms with Gasteiger partial charge in [0.05, 0.1) is 25.4 Å². The molecule has 2 fully saturated rings. The van der Waals surface area contributed by atoms with Crippen molar-refractivity contribution in [1.29, 1.82) is 0 Å². The summed E-state index contributed by atoms with van der Waals surface area (Å²) in [5.41, 5.74) is 0. The summed E-state index contributed by atoms with van der Waals surface area (Å²) in [6, 6.07) is -0.0483. The molecule has 7 heteroatoms. The van der Waals surface area contributed by atoms with E-state index in [4.69, 9.17) is 9.47 Å². The zero-order valence-corrected chi connectivity index (χ0v) is 14.1. The highest BCUT2D eigenvalue weighted by atomic mass is 16.5. The average molecular weight is 314 g/mol. The van der Waals surface area contributed by atoms with E-state index < -0.39 is 0 Å². The predicted molar refractivity (Wildman–Crippen MR) is 85.1 cm³/mol. The van der Waals surface area contributed by atoms with Crippen molar-refractivity contribution in [3.05, 3.63) is 0 Å². The number of ether oxygens (including phenoxy) is 2. The molecule has 0 spiro atoms. The van der Waals surface area contributed by atoms with Crippen molar-refractivity contribution in [3.8, 4) is 0 Å². The van der Waals surface area contributed by atoms with Crippen LogP contribution in [0.3, 0.4) is 0 Å². The van der Waals surface area contributed by atoms with Gasteiger partial charge in [-0.3, -0.25) is 0 Å². The Morgan fingerprint density at radius 1 is 1.32 bits per heavy atom. The number of carbonyl (C=O) groups excluding carboxylic acids is 1. The van der Waals surface area contributed by atoms with Gasteiger partial charge in [0.15, 0.2) is 0 Å². The van der Waals surface area contributed by atoms with E-state index >= 15 is 0 Å². The topological polar surface area (TPSA) is 57.3 Å². The van der Waals surface area contributed by atoms with E-state index in [2.05, 4.69) is 22.2 Å². The third kappa shape index (κ3) is 5.39. The number of urea groups is 1. The first kappa shape index (κ1) is 17.5. The second-order valence-electron chi connectivity index (χ2n) is 6.42. The van der Waals surface area contributed by atoms with Gasteiger partial charge in [0, 0.05) is 39.3 Å². The summed E-state index contributed by atoms with van der Waals surface area (Å²) in [6.45, 7) is 6.22. The van der Waals surface area contributed by atoms with Crippen LogP contribution in [0.4, 0.5) is 4.79 Å². The van der Waals surface area contributed by atoms with Crippen LogP contribution in [0.1, 0.15) is 6.42 Å². The molecule has 128 valence electrons. The SMILES string of the molecule is CN(C)CCO[C@@H]1CCOC[C@@H]1NC(=O)N1CCN(C)CC1. The first-order valence-electron chi connectivity index (χ1n) is 8.14. The standard InChI is InChI=1S/C15H30N4O3/c1-17(2)9-11-22-14-4-10-21-12-13(14)16-15(20)19-7-5-18(3)6-8-19/h13-14H,4-12H2,1-3H3,(H,16,20)/t13-,14+/m0/s1.